The molecule has 2 rings (SSSR count). The summed E-state index contributed by atoms with van der Waals surface area (Å²) in [6, 6.07) is -0.389. The van der Waals surface area contributed by atoms with Gasteiger partial charge in [-0.05, 0) is 71.9 Å². The molecule has 2 aliphatic heterocycles. The number of nitrogens with zero attached hydrogens (tertiary/aromatic N) is 1. The van der Waals surface area contributed by atoms with Crippen LogP contribution in [0.25, 0.3) is 0 Å². The van der Waals surface area contributed by atoms with E-state index < -0.39 is 5.60 Å². The second-order valence-corrected chi connectivity index (χ2v) is 7.62. The number of carbonyl (C=O) groups is 2. The Morgan fingerprint density at radius 2 is 1.87 bits per heavy atom. The molecule has 2 amide bonds. The van der Waals surface area contributed by atoms with Crippen LogP contribution in [-0.4, -0.2) is 54.7 Å². The molecule has 6 nitrogen and oxygen atoms in total. The molecule has 1 atom stereocenters. The summed E-state index contributed by atoms with van der Waals surface area (Å²) in [4.78, 5) is 26.5. The molecular formula is C17H31N3O3. The van der Waals surface area contributed by atoms with E-state index in [-0.39, 0.29) is 18.0 Å². The molecule has 0 aromatic carbocycles. The molecule has 132 valence electrons. The van der Waals surface area contributed by atoms with E-state index in [4.69, 9.17) is 4.74 Å². The summed E-state index contributed by atoms with van der Waals surface area (Å²) in [6.07, 6.45) is 4.44. The smallest absolute Gasteiger partial charge is 0.410 e. The maximum atomic E-state index is 12.5. The summed E-state index contributed by atoms with van der Waals surface area (Å²) in [5, 5.41) is 6.38. The molecule has 1 unspecified atom stereocenters. The first-order valence-corrected chi connectivity index (χ1v) is 8.85. The van der Waals surface area contributed by atoms with Gasteiger partial charge in [-0.25, -0.2) is 4.79 Å². The Kier molecular flexibility index (Phi) is 6.27. The van der Waals surface area contributed by atoms with Gasteiger partial charge in [0.2, 0.25) is 5.91 Å². The second-order valence-electron chi connectivity index (χ2n) is 7.62. The van der Waals surface area contributed by atoms with Crippen LogP contribution in [0.1, 0.15) is 52.9 Å². The van der Waals surface area contributed by atoms with Gasteiger partial charge in [0.25, 0.3) is 0 Å². The molecule has 2 fully saturated rings. The van der Waals surface area contributed by atoms with E-state index in [1.165, 1.54) is 0 Å². The molecule has 0 aliphatic carbocycles. The number of hydrogen-bond acceptors (Lipinski definition) is 4. The Balaban J connectivity index is 1.88. The summed E-state index contributed by atoms with van der Waals surface area (Å²) in [6.45, 7) is 8.89. The maximum Gasteiger partial charge on any atom is 0.410 e. The third kappa shape index (κ3) is 5.68. The first-order chi connectivity index (χ1) is 10.9. The van der Waals surface area contributed by atoms with Crippen LogP contribution in [0, 0.1) is 5.92 Å². The van der Waals surface area contributed by atoms with Gasteiger partial charge in [-0.2, -0.15) is 0 Å². The van der Waals surface area contributed by atoms with Crippen molar-refractivity contribution in [1.29, 1.82) is 0 Å². The molecule has 2 heterocycles. The fraction of sp³-hybridized carbons (Fsp3) is 0.882. The first-order valence-electron chi connectivity index (χ1n) is 8.85. The summed E-state index contributed by atoms with van der Waals surface area (Å²) >= 11 is 0. The van der Waals surface area contributed by atoms with Crippen molar-refractivity contribution < 1.29 is 14.3 Å². The summed E-state index contributed by atoms with van der Waals surface area (Å²) in [5.74, 6) is 0.507. The van der Waals surface area contributed by atoms with Gasteiger partial charge in [-0.3, -0.25) is 9.69 Å². The van der Waals surface area contributed by atoms with E-state index in [0.717, 1.165) is 45.2 Å². The molecule has 0 radical (unpaired) electrons. The Labute approximate surface area is 139 Å². The lowest BCUT2D eigenvalue weighted by atomic mass is 9.97. The van der Waals surface area contributed by atoms with Crippen molar-refractivity contribution in [3.63, 3.8) is 0 Å². The third-order valence-electron chi connectivity index (χ3n) is 4.46. The first kappa shape index (κ1) is 18.0. The fourth-order valence-electron chi connectivity index (χ4n) is 3.19. The van der Waals surface area contributed by atoms with Crippen LogP contribution in [0.15, 0.2) is 0 Å². The maximum absolute atomic E-state index is 12.5. The molecule has 2 aliphatic rings. The molecule has 6 heteroatoms. The Morgan fingerprint density at radius 1 is 1.17 bits per heavy atom. The fourth-order valence-corrected chi connectivity index (χ4v) is 3.19. The van der Waals surface area contributed by atoms with Gasteiger partial charge < -0.3 is 15.4 Å². The number of likely N-dealkylation sites (tertiary alicyclic amines) is 1. The summed E-state index contributed by atoms with van der Waals surface area (Å²) in [5.41, 5.74) is -0.537. The minimum atomic E-state index is -0.537. The van der Waals surface area contributed by atoms with Crippen molar-refractivity contribution in [2.75, 3.05) is 26.2 Å². The minimum Gasteiger partial charge on any atom is -0.444 e. The van der Waals surface area contributed by atoms with Crippen LogP contribution in [0.2, 0.25) is 0 Å². The minimum absolute atomic E-state index is 0.0332. The largest absolute Gasteiger partial charge is 0.444 e. The molecule has 2 N–H and O–H groups in total. The van der Waals surface area contributed by atoms with Gasteiger partial charge in [0.05, 0.1) is 0 Å². The molecule has 0 bridgehead atoms. The topological polar surface area (TPSA) is 70.7 Å². The van der Waals surface area contributed by atoms with Gasteiger partial charge in [0.15, 0.2) is 0 Å². The standard InChI is InChI=1S/C17H31N3O3/c1-17(2,3)23-16(22)20-11-5-4-6-14(20)15(21)19-12-13-7-9-18-10-8-13/h13-14,18H,4-12H2,1-3H3,(H,19,21). The molecule has 0 aromatic heterocycles. The van der Waals surface area contributed by atoms with Crippen molar-refractivity contribution in [2.45, 2.75) is 64.5 Å². The summed E-state index contributed by atoms with van der Waals surface area (Å²) in [7, 11) is 0. The number of amides is 2. The molecule has 0 saturated carbocycles. The quantitative estimate of drug-likeness (QED) is 0.831. The van der Waals surface area contributed by atoms with Crippen LogP contribution in [0.3, 0.4) is 0 Å². The van der Waals surface area contributed by atoms with Crippen molar-refractivity contribution in [2.24, 2.45) is 5.92 Å². The highest BCUT2D eigenvalue weighted by Crippen LogP contribution is 2.21. The van der Waals surface area contributed by atoms with Crippen LogP contribution < -0.4 is 10.6 Å². The zero-order valence-corrected chi connectivity index (χ0v) is 14.7. The Morgan fingerprint density at radius 3 is 2.52 bits per heavy atom. The van der Waals surface area contributed by atoms with Crippen LogP contribution >= 0.6 is 0 Å². The lowest BCUT2D eigenvalue weighted by Gasteiger charge is -2.36. The number of ether oxygens (including phenoxy) is 1. The van der Waals surface area contributed by atoms with E-state index in [1.54, 1.807) is 4.90 Å². The molecule has 0 aromatic rings. The highest BCUT2D eigenvalue weighted by molar-refractivity contribution is 5.85. The van der Waals surface area contributed by atoms with E-state index >= 15 is 0 Å². The second kappa shape index (κ2) is 7.99. The number of rotatable bonds is 3. The normalized spacial score (nSPS) is 23.4. The number of carbonyl (C=O) groups excluding carboxylic acids is 2. The van der Waals surface area contributed by atoms with Crippen molar-refractivity contribution in [1.82, 2.24) is 15.5 Å². The number of nitrogens with one attached hydrogen (secondary N) is 2. The highest BCUT2D eigenvalue weighted by atomic mass is 16.6. The van der Waals surface area contributed by atoms with E-state index in [2.05, 4.69) is 10.6 Å². The average Bonchev–Trinajstić information content (AvgIpc) is 2.52. The number of piperidine rings is 2. The SMILES string of the molecule is CC(C)(C)OC(=O)N1CCCCC1C(=O)NCC1CCNCC1. The van der Waals surface area contributed by atoms with Crippen molar-refractivity contribution in [3.8, 4) is 0 Å². The zero-order chi connectivity index (χ0) is 16.9. The van der Waals surface area contributed by atoms with Crippen LogP contribution in [-0.2, 0) is 9.53 Å². The van der Waals surface area contributed by atoms with Gasteiger partial charge >= 0.3 is 6.09 Å². The van der Waals surface area contributed by atoms with E-state index in [0.29, 0.717) is 19.0 Å². The molecule has 0 spiro atoms. The molecular weight excluding hydrogens is 294 g/mol. The van der Waals surface area contributed by atoms with Crippen LogP contribution in [0.5, 0.6) is 0 Å². The Hall–Kier alpha value is -1.30. The van der Waals surface area contributed by atoms with Crippen molar-refractivity contribution >= 4 is 12.0 Å². The zero-order valence-electron chi connectivity index (χ0n) is 14.7. The molecule has 23 heavy (non-hydrogen) atoms. The monoisotopic (exact) mass is 325 g/mol. The third-order valence-corrected chi connectivity index (χ3v) is 4.46. The summed E-state index contributed by atoms with van der Waals surface area (Å²) < 4.78 is 5.45. The van der Waals surface area contributed by atoms with Gasteiger partial charge in [0.1, 0.15) is 11.6 Å². The van der Waals surface area contributed by atoms with Gasteiger partial charge in [-0.1, -0.05) is 0 Å². The average molecular weight is 325 g/mol. The predicted molar refractivity (Wildman–Crippen MR) is 89.2 cm³/mol. The predicted octanol–water partition coefficient (Wildman–Crippen LogP) is 1.89. The molecule has 2 saturated heterocycles. The van der Waals surface area contributed by atoms with Gasteiger partial charge in [0, 0.05) is 13.1 Å². The Bertz CT molecular complexity index is 414. The van der Waals surface area contributed by atoms with Gasteiger partial charge in [-0.15, -0.1) is 0 Å². The lowest BCUT2D eigenvalue weighted by molar-refractivity contribution is -0.127. The van der Waals surface area contributed by atoms with Crippen molar-refractivity contribution in [3.05, 3.63) is 0 Å². The van der Waals surface area contributed by atoms with E-state index in [9.17, 15) is 9.59 Å². The highest BCUT2D eigenvalue weighted by Gasteiger charge is 2.34. The number of hydrogen-bond donors (Lipinski definition) is 2. The van der Waals surface area contributed by atoms with Crippen LogP contribution in [0.4, 0.5) is 4.79 Å². The van der Waals surface area contributed by atoms with E-state index in [1.807, 2.05) is 20.8 Å². The lowest BCUT2D eigenvalue weighted by Crippen LogP contribution is -2.53.